The van der Waals surface area contributed by atoms with Gasteiger partial charge in [0.05, 0.1) is 6.61 Å². The highest BCUT2D eigenvalue weighted by Crippen LogP contribution is 2.21. The summed E-state index contributed by atoms with van der Waals surface area (Å²) < 4.78 is 12.8. The lowest BCUT2D eigenvalue weighted by molar-refractivity contribution is -0.0149. The summed E-state index contributed by atoms with van der Waals surface area (Å²) in [5.41, 5.74) is 0.0485. The number of nitrogens with one attached hydrogen (secondary N) is 2. The first-order valence-corrected chi connectivity index (χ1v) is 6.95. The topological polar surface area (TPSA) is 77.4 Å². The Morgan fingerprint density at radius 3 is 3.30 bits per heavy atom. The summed E-state index contributed by atoms with van der Waals surface area (Å²) in [7, 11) is 1.65. The maximum Gasteiger partial charge on any atom is 0.271 e. The maximum absolute atomic E-state index is 12.2. The molecule has 1 atom stereocenters. The lowest BCUT2D eigenvalue weighted by Crippen LogP contribution is -2.45. The lowest BCUT2D eigenvalue weighted by Gasteiger charge is -2.25. The number of aromatic nitrogens is 2. The number of fused-ring (bicyclic) bond motifs is 1. The Labute approximate surface area is 117 Å². The summed E-state index contributed by atoms with van der Waals surface area (Å²) in [6, 6.07) is 0. The highest BCUT2D eigenvalue weighted by atomic mass is 16.5. The van der Waals surface area contributed by atoms with Gasteiger partial charge in [-0.3, -0.25) is 4.79 Å². The fraction of sp³-hybridized carbons (Fsp3) is 0.692. The van der Waals surface area contributed by atoms with Gasteiger partial charge in [-0.25, -0.2) is 4.98 Å². The van der Waals surface area contributed by atoms with Crippen LogP contribution in [0.5, 0.6) is 0 Å². The third kappa shape index (κ3) is 2.51. The Kier molecular flexibility index (Phi) is 3.62. The monoisotopic (exact) mass is 280 g/mol. The molecule has 3 rings (SSSR count). The number of hydrogen-bond acceptors (Lipinski definition) is 5. The summed E-state index contributed by atoms with van der Waals surface area (Å²) in [5, 5.41) is 6.08. The predicted molar refractivity (Wildman–Crippen MR) is 72.8 cm³/mol. The van der Waals surface area contributed by atoms with E-state index in [4.69, 9.17) is 9.47 Å². The molecule has 7 nitrogen and oxygen atoms in total. The van der Waals surface area contributed by atoms with Crippen LogP contribution in [0.15, 0.2) is 6.20 Å². The van der Waals surface area contributed by atoms with Gasteiger partial charge in [-0.15, -0.1) is 0 Å². The molecule has 1 saturated heterocycles. The molecule has 1 unspecified atom stereocenters. The van der Waals surface area contributed by atoms with Gasteiger partial charge in [-0.1, -0.05) is 0 Å². The van der Waals surface area contributed by atoms with E-state index in [1.54, 1.807) is 13.3 Å². The highest BCUT2D eigenvalue weighted by molar-refractivity contribution is 5.92. The van der Waals surface area contributed by atoms with Gasteiger partial charge in [0.2, 0.25) is 5.95 Å². The van der Waals surface area contributed by atoms with Crippen LogP contribution in [0.25, 0.3) is 0 Å². The first kappa shape index (κ1) is 13.4. The molecule has 1 amide bonds. The minimum absolute atomic E-state index is 0.169. The number of nitrogens with zero attached hydrogens (tertiary/aromatic N) is 2. The first-order chi connectivity index (χ1) is 9.72. The van der Waals surface area contributed by atoms with E-state index in [0.717, 1.165) is 31.9 Å². The molecule has 0 radical (unpaired) electrons. The molecular formula is C13H20N4O3. The summed E-state index contributed by atoms with van der Waals surface area (Å²) >= 11 is 0. The molecular weight excluding hydrogens is 260 g/mol. The zero-order valence-corrected chi connectivity index (χ0v) is 11.6. The SMILES string of the molecule is COC1(CNC(=O)c2cn3c(n2)NCCC3)CCOC1. The van der Waals surface area contributed by atoms with Crippen LogP contribution in [0.1, 0.15) is 23.3 Å². The Morgan fingerprint density at radius 1 is 1.70 bits per heavy atom. The number of methoxy groups -OCH3 is 1. The highest BCUT2D eigenvalue weighted by Gasteiger charge is 2.35. The van der Waals surface area contributed by atoms with E-state index in [0.29, 0.717) is 25.5 Å². The van der Waals surface area contributed by atoms with Crippen LogP contribution in [0, 0.1) is 0 Å². The molecule has 0 spiro atoms. The van der Waals surface area contributed by atoms with Crippen LogP contribution in [0.2, 0.25) is 0 Å². The van der Waals surface area contributed by atoms with Crippen molar-refractivity contribution in [1.29, 1.82) is 0 Å². The summed E-state index contributed by atoms with van der Waals surface area (Å²) in [6.07, 6.45) is 3.64. The van der Waals surface area contributed by atoms with Gasteiger partial charge in [0, 0.05) is 46.0 Å². The van der Waals surface area contributed by atoms with Crippen molar-refractivity contribution in [2.45, 2.75) is 25.0 Å². The number of rotatable bonds is 4. The van der Waals surface area contributed by atoms with Crippen LogP contribution in [0.3, 0.4) is 0 Å². The minimum Gasteiger partial charge on any atom is -0.378 e. The Bertz CT molecular complexity index is 470. The van der Waals surface area contributed by atoms with Crippen LogP contribution >= 0.6 is 0 Å². The second-order valence-electron chi connectivity index (χ2n) is 5.30. The lowest BCUT2D eigenvalue weighted by atomic mass is 10.0. The standard InChI is InChI=1S/C13H20N4O3/c1-19-13(3-6-20-9-13)8-15-11(18)10-7-17-5-2-4-14-12(17)16-10/h7H,2-6,8-9H2,1H3,(H,14,16)(H,15,18). The third-order valence-electron chi connectivity index (χ3n) is 3.94. The Hall–Kier alpha value is -1.60. The van der Waals surface area contributed by atoms with E-state index >= 15 is 0 Å². The summed E-state index contributed by atoms with van der Waals surface area (Å²) in [5.74, 6) is 0.601. The van der Waals surface area contributed by atoms with Crippen molar-refractivity contribution in [3.8, 4) is 0 Å². The summed E-state index contributed by atoms with van der Waals surface area (Å²) in [6.45, 7) is 3.44. The second kappa shape index (κ2) is 5.41. The van der Waals surface area contributed by atoms with Crippen molar-refractivity contribution < 1.29 is 14.3 Å². The van der Waals surface area contributed by atoms with E-state index in [2.05, 4.69) is 15.6 Å². The molecule has 1 aromatic rings. The van der Waals surface area contributed by atoms with Crippen molar-refractivity contribution in [1.82, 2.24) is 14.9 Å². The molecule has 7 heteroatoms. The van der Waals surface area contributed by atoms with E-state index in [-0.39, 0.29) is 5.91 Å². The number of carbonyl (C=O) groups is 1. The molecule has 0 aromatic carbocycles. The minimum atomic E-state index is -0.396. The van der Waals surface area contributed by atoms with Gasteiger partial charge in [0.15, 0.2) is 0 Å². The molecule has 2 aliphatic rings. The molecule has 2 N–H and O–H groups in total. The van der Waals surface area contributed by atoms with Crippen molar-refractivity contribution in [3.63, 3.8) is 0 Å². The van der Waals surface area contributed by atoms with E-state index in [1.165, 1.54) is 0 Å². The average Bonchev–Trinajstić information content (AvgIpc) is 3.12. The predicted octanol–water partition coefficient (Wildman–Crippen LogP) is 0.234. The fourth-order valence-corrected chi connectivity index (χ4v) is 2.58. The van der Waals surface area contributed by atoms with Gasteiger partial charge in [-0.05, 0) is 6.42 Å². The number of amides is 1. The van der Waals surface area contributed by atoms with Crippen LogP contribution in [-0.4, -0.2) is 54.5 Å². The third-order valence-corrected chi connectivity index (χ3v) is 3.94. The smallest absolute Gasteiger partial charge is 0.271 e. The van der Waals surface area contributed by atoms with E-state index in [1.807, 2.05) is 4.57 Å². The molecule has 1 fully saturated rings. The number of hydrogen-bond donors (Lipinski definition) is 2. The number of imidazole rings is 1. The normalized spacial score (nSPS) is 25.1. The Morgan fingerprint density at radius 2 is 2.60 bits per heavy atom. The van der Waals surface area contributed by atoms with Gasteiger partial charge >= 0.3 is 0 Å². The van der Waals surface area contributed by atoms with Crippen molar-refractivity contribution >= 4 is 11.9 Å². The molecule has 110 valence electrons. The first-order valence-electron chi connectivity index (χ1n) is 6.95. The number of ether oxygens (including phenoxy) is 2. The molecule has 0 bridgehead atoms. The van der Waals surface area contributed by atoms with Gasteiger partial charge in [-0.2, -0.15) is 0 Å². The van der Waals surface area contributed by atoms with Crippen molar-refractivity contribution in [3.05, 3.63) is 11.9 Å². The molecule has 2 aliphatic heterocycles. The Balaban J connectivity index is 1.63. The average molecular weight is 280 g/mol. The number of anilines is 1. The van der Waals surface area contributed by atoms with Crippen LogP contribution in [0.4, 0.5) is 5.95 Å². The van der Waals surface area contributed by atoms with E-state index in [9.17, 15) is 4.79 Å². The molecule has 3 heterocycles. The van der Waals surface area contributed by atoms with Crippen LogP contribution < -0.4 is 10.6 Å². The second-order valence-corrected chi connectivity index (χ2v) is 5.30. The zero-order valence-electron chi connectivity index (χ0n) is 11.6. The van der Waals surface area contributed by atoms with Gasteiger partial charge < -0.3 is 24.7 Å². The number of carbonyl (C=O) groups excluding carboxylic acids is 1. The largest absolute Gasteiger partial charge is 0.378 e. The fourth-order valence-electron chi connectivity index (χ4n) is 2.58. The zero-order chi connectivity index (χ0) is 14.0. The van der Waals surface area contributed by atoms with Crippen molar-refractivity contribution in [2.24, 2.45) is 0 Å². The molecule has 0 aliphatic carbocycles. The van der Waals surface area contributed by atoms with Gasteiger partial charge in [0.25, 0.3) is 5.91 Å². The quantitative estimate of drug-likeness (QED) is 0.826. The summed E-state index contributed by atoms with van der Waals surface area (Å²) in [4.78, 5) is 16.5. The molecule has 20 heavy (non-hydrogen) atoms. The molecule has 0 saturated carbocycles. The van der Waals surface area contributed by atoms with Crippen LogP contribution in [-0.2, 0) is 16.0 Å². The van der Waals surface area contributed by atoms with E-state index < -0.39 is 5.60 Å². The van der Waals surface area contributed by atoms with Crippen molar-refractivity contribution in [2.75, 3.05) is 38.7 Å². The number of aryl methyl sites for hydroxylation is 1. The molecule has 1 aromatic heterocycles. The van der Waals surface area contributed by atoms with Gasteiger partial charge in [0.1, 0.15) is 11.3 Å². The maximum atomic E-state index is 12.2.